The zero-order valence-corrected chi connectivity index (χ0v) is 15.6. The van der Waals surface area contributed by atoms with Gasteiger partial charge in [-0.3, -0.25) is 4.79 Å². The summed E-state index contributed by atoms with van der Waals surface area (Å²) in [4.78, 5) is 12.9. The fraction of sp³-hybridized carbons (Fsp3) is 0.812. The lowest BCUT2D eigenvalue weighted by Crippen LogP contribution is -2.47. The number of carbonyl (C=O) groups excluding carboxylic acids is 1. The molecule has 1 aromatic heterocycles. The number of aromatic nitrogens is 3. The Bertz CT molecular complexity index is 579. The molecule has 136 valence electrons. The molecule has 0 radical (unpaired) electrons. The molecule has 3 aliphatic rings. The summed E-state index contributed by atoms with van der Waals surface area (Å²) in [5, 5.41) is 15.1. The van der Waals surface area contributed by atoms with Crippen LogP contribution in [0.3, 0.4) is 0 Å². The first-order chi connectivity index (χ1) is 10.8. The van der Waals surface area contributed by atoms with Crippen molar-refractivity contribution in [3.8, 4) is 0 Å². The summed E-state index contributed by atoms with van der Waals surface area (Å²) < 4.78 is 2.19. The van der Waals surface area contributed by atoms with E-state index in [4.69, 9.17) is 0 Å². The Morgan fingerprint density at radius 3 is 3.00 bits per heavy atom. The van der Waals surface area contributed by atoms with Crippen LogP contribution in [0.25, 0.3) is 0 Å². The van der Waals surface area contributed by atoms with Gasteiger partial charge in [0.15, 0.2) is 5.82 Å². The monoisotopic (exact) mass is 375 g/mol. The number of aryl methyl sites for hydroxylation is 1. The van der Waals surface area contributed by atoms with Gasteiger partial charge in [0, 0.05) is 19.5 Å². The third-order valence-corrected chi connectivity index (χ3v) is 5.83. The number of amides is 1. The highest BCUT2D eigenvalue weighted by Gasteiger charge is 2.49. The molecule has 2 N–H and O–H groups in total. The maximum atomic E-state index is 12.9. The highest BCUT2D eigenvalue weighted by atomic mass is 35.5. The Labute approximate surface area is 155 Å². The Kier molecular flexibility index (Phi) is 6.51. The molecule has 2 aliphatic heterocycles. The second-order valence-electron chi connectivity index (χ2n) is 7.05. The Morgan fingerprint density at radius 2 is 2.12 bits per heavy atom. The number of fused-ring (bicyclic) bond motifs is 2. The number of halogens is 2. The van der Waals surface area contributed by atoms with E-state index in [1.54, 1.807) is 0 Å². The quantitative estimate of drug-likeness (QED) is 0.845. The molecule has 1 aromatic rings. The maximum absolute atomic E-state index is 12.9. The fourth-order valence-electron chi connectivity index (χ4n) is 4.53. The summed E-state index contributed by atoms with van der Waals surface area (Å²) in [6, 6.07) is 0. The van der Waals surface area contributed by atoms with E-state index in [0.717, 1.165) is 44.1 Å². The number of hydrogen-bond donors (Lipinski definition) is 2. The van der Waals surface area contributed by atoms with Gasteiger partial charge in [0.2, 0.25) is 5.91 Å². The number of carbonyl (C=O) groups is 1. The van der Waals surface area contributed by atoms with Crippen LogP contribution < -0.4 is 10.6 Å². The predicted molar refractivity (Wildman–Crippen MR) is 96.6 cm³/mol. The van der Waals surface area contributed by atoms with Crippen LogP contribution in [-0.4, -0.2) is 33.8 Å². The van der Waals surface area contributed by atoms with Crippen molar-refractivity contribution < 1.29 is 4.79 Å². The van der Waals surface area contributed by atoms with Gasteiger partial charge < -0.3 is 15.2 Å². The summed E-state index contributed by atoms with van der Waals surface area (Å²) in [5.74, 6) is 2.72. The normalized spacial score (nSPS) is 28.1. The lowest BCUT2D eigenvalue weighted by atomic mass is 9.67. The van der Waals surface area contributed by atoms with Crippen molar-refractivity contribution >= 4 is 30.7 Å². The van der Waals surface area contributed by atoms with E-state index in [-0.39, 0.29) is 36.1 Å². The van der Waals surface area contributed by atoms with Gasteiger partial charge in [0.05, 0.1) is 12.0 Å². The van der Waals surface area contributed by atoms with E-state index in [9.17, 15) is 4.79 Å². The molecule has 0 bridgehead atoms. The van der Waals surface area contributed by atoms with Crippen LogP contribution >= 0.6 is 24.8 Å². The topological polar surface area (TPSA) is 71.8 Å². The van der Waals surface area contributed by atoms with E-state index in [1.807, 2.05) is 0 Å². The van der Waals surface area contributed by atoms with Crippen LogP contribution in [0.2, 0.25) is 0 Å². The number of nitrogens with zero attached hydrogens (tertiary/aromatic N) is 3. The lowest BCUT2D eigenvalue weighted by Gasteiger charge is -2.37. The van der Waals surface area contributed by atoms with Crippen molar-refractivity contribution in [2.24, 2.45) is 11.3 Å². The van der Waals surface area contributed by atoms with E-state index < -0.39 is 0 Å². The fourth-order valence-corrected chi connectivity index (χ4v) is 4.53. The Hall–Kier alpha value is -0.850. The highest BCUT2D eigenvalue weighted by molar-refractivity contribution is 5.85. The van der Waals surface area contributed by atoms with Crippen LogP contribution in [0.15, 0.2) is 0 Å². The van der Waals surface area contributed by atoms with E-state index >= 15 is 0 Å². The summed E-state index contributed by atoms with van der Waals surface area (Å²) in [5.41, 5.74) is -0.178. The van der Waals surface area contributed by atoms with E-state index in [1.165, 1.54) is 32.1 Å². The first kappa shape index (κ1) is 19.5. The molecular weight excluding hydrogens is 349 g/mol. The molecule has 1 aliphatic carbocycles. The van der Waals surface area contributed by atoms with Gasteiger partial charge in [-0.05, 0) is 38.1 Å². The summed E-state index contributed by atoms with van der Waals surface area (Å²) in [6.45, 7) is 3.33. The largest absolute Gasteiger partial charge is 0.348 e. The lowest BCUT2D eigenvalue weighted by molar-refractivity contribution is -0.134. The average molecular weight is 376 g/mol. The van der Waals surface area contributed by atoms with Gasteiger partial charge in [0.25, 0.3) is 0 Å². The van der Waals surface area contributed by atoms with Gasteiger partial charge in [-0.2, -0.15) is 0 Å². The molecule has 6 nitrogen and oxygen atoms in total. The molecule has 8 heteroatoms. The van der Waals surface area contributed by atoms with Crippen molar-refractivity contribution in [1.29, 1.82) is 0 Å². The van der Waals surface area contributed by atoms with Gasteiger partial charge in [-0.15, -0.1) is 35.0 Å². The van der Waals surface area contributed by atoms with Crippen LogP contribution in [0, 0.1) is 11.3 Å². The van der Waals surface area contributed by atoms with E-state index in [2.05, 4.69) is 25.4 Å². The molecule has 3 heterocycles. The number of hydrogen-bond acceptors (Lipinski definition) is 4. The van der Waals surface area contributed by atoms with E-state index in [0.29, 0.717) is 12.5 Å². The van der Waals surface area contributed by atoms with Gasteiger partial charge in [-0.1, -0.05) is 12.8 Å². The summed E-state index contributed by atoms with van der Waals surface area (Å²) in [7, 11) is 0. The zero-order chi connectivity index (χ0) is 15.0. The van der Waals surface area contributed by atoms with Gasteiger partial charge >= 0.3 is 0 Å². The number of nitrogens with one attached hydrogen (secondary N) is 2. The molecular formula is C16H27Cl2N5O. The predicted octanol–water partition coefficient (Wildman–Crippen LogP) is 1.85. The molecule has 1 saturated carbocycles. The molecule has 0 unspecified atom stereocenters. The van der Waals surface area contributed by atoms with Crippen LogP contribution in [0.4, 0.5) is 0 Å². The molecule has 1 amide bonds. The summed E-state index contributed by atoms with van der Waals surface area (Å²) in [6.07, 6.45) is 8.03. The molecule has 2 fully saturated rings. The second kappa shape index (κ2) is 8.02. The first-order valence-electron chi connectivity index (χ1n) is 8.69. The third kappa shape index (κ3) is 3.28. The number of rotatable bonds is 3. The van der Waals surface area contributed by atoms with Crippen molar-refractivity contribution in [2.75, 3.05) is 13.1 Å². The smallest absolute Gasteiger partial charge is 0.228 e. The van der Waals surface area contributed by atoms with Crippen LogP contribution in [0.5, 0.6) is 0 Å². The minimum absolute atomic E-state index is 0. The third-order valence-electron chi connectivity index (χ3n) is 5.83. The maximum Gasteiger partial charge on any atom is 0.228 e. The molecule has 4 rings (SSSR count). The highest BCUT2D eigenvalue weighted by Crippen LogP contribution is 2.43. The molecule has 1 saturated heterocycles. The van der Waals surface area contributed by atoms with Crippen molar-refractivity contribution in [3.05, 3.63) is 11.6 Å². The molecule has 0 aromatic carbocycles. The van der Waals surface area contributed by atoms with Crippen molar-refractivity contribution in [3.63, 3.8) is 0 Å². The zero-order valence-electron chi connectivity index (χ0n) is 13.9. The average Bonchev–Trinajstić information content (AvgIpc) is 3.17. The second-order valence-corrected chi connectivity index (χ2v) is 7.05. The molecule has 0 spiro atoms. The van der Waals surface area contributed by atoms with Crippen LogP contribution in [-0.2, 0) is 24.3 Å². The SMILES string of the molecule is Cl.Cl.O=C(NCc1nnc2n1CCCC2)[C@@]12CCCC[C@H]1CNC2. The molecule has 24 heavy (non-hydrogen) atoms. The van der Waals surface area contributed by atoms with Gasteiger partial charge in [-0.25, -0.2) is 0 Å². The van der Waals surface area contributed by atoms with Crippen molar-refractivity contribution in [2.45, 2.75) is 58.0 Å². The van der Waals surface area contributed by atoms with Crippen LogP contribution in [0.1, 0.15) is 50.2 Å². The molecule has 2 atom stereocenters. The standard InChI is InChI=1S/C16H25N5O.2ClH/c22-15(16-7-3-1-5-12(16)9-17-11-16)18-10-14-20-19-13-6-2-4-8-21(13)14;;/h12,17H,1-11H2,(H,18,22);2*1H/t12-,16+;;/m0../s1. The Balaban J connectivity index is 0.00000104. The first-order valence-corrected chi connectivity index (χ1v) is 8.69. The van der Waals surface area contributed by atoms with Crippen molar-refractivity contribution in [1.82, 2.24) is 25.4 Å². The summed E-state index contributed by atoms with van der Waals surface area (Å²) >= 11 is 0. The Morgan fingerprint density at radius 1 is 1.25 bits per heavy atom. The van der Waals surface area contributed by atoms with Gasteiger partial charge in [0.1, 0.15) is 5.82 Å². The minimum atomic E-state index is -0.178. The minimum Gasteiger partial charge on any atom is -0.348 e.